The number of aromatic hydroxyl groups is 1. The molecule has 2 N–H and O–H groups in total. The van der Waals surface area contributed by atoms with E-state index >= 15 is 0 Å². The van der Waals surface area contributed by atoms with Crippen molar-refractivity contribution in [3.8, 4) is 5.75 Å². The van der Waals surface area contributed by atoms with E-state index in [1.165, 1.54) is 11.8 Å². The molecule has 0 atom stereocenters. The molecule has 1 heterocycles. The van der Waals surface area contributed by atoms with E-state index in [1.807, 2.05) is 24.3 Å². The number of amides is 1. The number of benzene rings is 2. The van der Waals surface area contributed by atoms with Crippen LogP contribution < -0.4 is 5.32 Å². The van der Waals surface area contributed by atoms with Gasteiger partial charge in [0.15, 0.2) is 0 Å². The van der Waals surface area contributed by atoms with Gasteiger partial charge in [0.05, 0.1) is 11.6 Å². The second kappa shape index (κ2) is 7.54. The number of carbonyl (C=O) groups excluding carboxylic acids is 1. The van der Waals surface area contributed by atoms with Gasteiger partial charge in [-0.3, -0.25) is 9.69 Å². The number of carbonyl (C=O) groups is 1. The van der Waals surface area contributed by atoms with E-state index in [0.717, 1.165) is 14.8 Å². The van der Waals surface area contributed by atoms with Crippen LogP contribution >= 0.6 is 46.6 Å². The molecular formula is C17H13IN2O2S2. The minimum absolute atomic E-state index is 0.115. The van der Waals surface area contributed by atoms with Crippen LogP contribution in [0, 0.1) is 3.57 Å². The second-order valence-electron chi connectivity index (χ2n) is 5.04. The number of phenolic OH excluding ortho intramolecular Hbond substituents is 1. The lowest BCUT2D eigenvalue weighted by Gasteiger charge is -2.16. The predicted octanol–water partition coefficient (Wildman–Crippen LogP) is 4.27. The van der Waals surface area contributed by atoms with Gasteiger partial charge in [-0.05, 0) is 70.6 Å². The lowest BCUT2D eigenvalue weighted by atomic mass is 10.2. The molecule has 122 valence electrons. The van der Waals surface area contributed by atoms with Crippen LogP contribution in [0.1, 0.15) is 5.56 Å². The summed E-state index contributed by atoms with van der Waals surface area (Å²) in [4.78, 5) is 14.6. The molecule has 0 aromatic heterocycles. The maximum atomic E-state index is 12.5. The number of thiocarbonyl (C=S) groups is 1. The van der Waals surface area contributed by atoms with E-state index < -0.39 is 0 Å². The number of anilines is 1. The highest BCUT2D eigenvalue weighted by atomic mass is 127. The van der Waals surface area contributed by atoms with Crippen LogP contribution in [-0.2, 0) is 4.79 Å². The molecule has 1 aliphatic rings. The second-order valence-corrected chi connectivity index (χ2v) is 7.96. The van der Waals surface area contributed by atoms with Crippen LogP contribution in [0.3, 0.4) is 0 Å². The SMILES string of the molecule is O=C1/C(=C/c2ccc(O)cc2)SC(=S)N1CNc1ccc(I)cc1. The molecule has 2 aromatic rings. The summed E-state index contributed by atoms with van der Waals surface area (Å²) in [7, 11) is 0. The molecule has 0 bridgehead atoms. The molecule has 2 aromatic carbocycles. The standard InChI is InChI=1S/C17H13IN2O2S2/c18-12-3-5-13(6-4-12)19-10-20-16(22)15(24-17(20)23)9-11-1-7-14(21)8-2-11/h1-9,19,21H,10H2/b15-9-. The molecule has 4 nitrogen and oxygen atoms in total. The number of nitrogens with zero attached hydrogens (tertiary/aromatic N) is 1. The smallest absolute Gasteiger partial charge is 0.267 e. The first-order valence-corrected chi connectivity index (χ1v) is 9.37. The van der Waals surface area contributed by atoms with Gasteiger partial charge in [0, 0.05) is 9.26 Å². The van der Waals surface area contributed by atoms with Crippen molar-refractivity contribution < 1.29 is 9.90 Å². The van der Waals surface area contributed by atoms with E-state index in [1.54, 1.807) is 35.2 Å². The summed E-state index contributed by atoms with van der Waals surface area (Å²) in [5.74, 6) is 0.0810. The zero-order valence-corrected chi connectivity index (χ0v) is 16.2. The molecule has 0 radical (unpaired) electrons. The van der Waals surface area contributed by atoms with Crippen LogP contribution in [0.2, 0.25) is 0 Å². The Morgan fingerprint density at radius 1 is 1.17 bits per heavy atom. The molecule has 3 rings (SSSR count). The lowest BCUT2D eigenvalue weighted by Crippen LogP contribution is -2.33. The van der Waals surface area contributed by atoms with Crippen molar-refractivity contribution in [3.05, 3.63) is 62.6 Å². The summed E-state index contributed by atoms with van der Waals surface area (Å²) in [6, 6.07) is 14.6. The zero-order valence-electron chi connectivity index (χ0n) is 12.4. The number of hydrogen-bond donors (Lipinski definition) is 2. The Hall–Kier alpha value is -1.58. The van der Waals surface area contributed by atoms with Crippen molar-refractivity contribution in [2.75, 3.05) is 12.0 Å². The molecule has 0 aliphatic carbocycles. The van der Waals surface area contributed by atoms with E-state index in [-0.39, 0.29) is 11.7 Å². The van der Waals surface area contributed by atoms with Gasteiger partial charge in [0.2, 0.25) is 0 Å². The highest BCUT2D eigenvalue weighted by Crippen LogP contribution is 2.32. The van der Waals surface area contributed by atoms with E-state index in [9.17, 15) is 9.90 Å². The third kappa shape index (κ3) is 4.08. The van der Waals surface area contributed by atoms with Gasteiger partial charge in [-0.15, -0.1) is 0 Å². The molecule has 1 aliphatic heterocycles. The minimum Gasteiger partial charge on any atom is -0.508 e. The van der Waals surface area contributed by atoms with Crippen molar-refractivity contribution in [2.24, 2.45) is 0 Å². The van der Waals surface area contributed by atoms with Gasteiger partial charge < -0.3 is 10.4 Å². The molecule has 1 amide bonds. The predicted molar refractivity (Wildman–Crippen MR) is 111 cm³/mol. The summed E-state index contributed by atoms with van der Waals surface area (Å²) in [5, 5.41) is 12.5. The third-order valence-corrected chi connectivity index (χ3v) is 5.45. The summed E-state index contributed by atoms with van der Waals surface area (Å²) in [6.07, 6.45) is 1.78. The minimum atomic E-state index is -0.115. The van der Waals surface area contributed by atoms with Gasteiger partial charge >= 0.3 is 0 Å². The summed E-state index contributed by atoms with van der Waals surface area (Å²) in [6.45, 7) is 0.332. The first-order valence-electron chi connectivity index (χ1n) is 7.07. The monoisotopic (exact) mass is 468 g/mol. The fraction of sp³-hybridized carbons (Fsp3) is 0.0588. The Morgan fingerprint density at radius 2 is 1.83 bits per heavy atom. The molecule has 0 spiro atoms. The van der Waals surface area contributed by atoms with E-state index in [4.69, 9.17) is 12.2 Å². The van der Waals surface area contributed by atoms with Crippen molar-refractivity contribution in [2.45, 2.75) is 0 Å². The summed E-state index contributed by atoms with van der Waals surface area (Å²) in [5.41, 5.74) is 1.78. The van der Waals surface area contributed by atoms with Crippen LogP contribution in [0.5, 0.6) is 5.75 Å². The number of hydrogen-bond acceptors (Lipinski definition) is 5. The zero-order chi connectivity index (χ0) is 17.1. The van der Waals surface area contributed by atoms with Gasteiger partial charge in [-0.2, -0.15) is 0 Å². The Labute approximate surface area is 163 Å². The normalized spacial score (nSPS) is 16.0. The maximum absolute atomic E-state index is 12.5. The lowest BCUT2D eigenvalue weighted by molar-refractivity contribution is -0.121. The van der Waals surface area contributed by atoms with Crippen molar-refractivity contribution in [1.29, 1.82) is 0 Å². The van der Waals surface area contributed by atoms with Crippen LogP contribution in [0.4, 0.5) is 5.69 Å². The van der Waals surface area contributed by atoms with Gasteiger partial charge in [-0.1, -0.05) is 36.1 Å². The molecule has 1 saturated heterocycles. The highest BCUT2D eigenvalue weighted by molar-refractivity contribution is 14.1. The molecule has 0 unspecified atom stereocenters. The molecule has 0 saturated carbocycles. The van der Waals surface area contributed by atoms with Crippen LogP contribution in [-0.4, -0.2) is 26.9 Å². The summed E-state index contributed by atoms with van der Waals surface area (Å²) < 4.78 is 1.68. The van der Waals surface area contributed by atoms with Crippen LogP contribution in [0.25, 0.3) is 6.08 Å². The summed E-state index contributed by atoms with van der Waals surface area (Å²) >= 11 is 8.84. The number of phenols is 1. The molecule has 1 fully saturated rings. The number of thioether (sulfide) groups is 1. The fourth-order valence-corrected chi connectivity index (χ4v) is 3.71. The average molecular weight is 468 g/mol. The number of rotatable bonds is 4. The maximum Gasteiger partial charge on any atom is 0.267 e. The van der Waals surface area contributed by atoms with Crippen LogP contribution in [0.15, 0.2) is 53.4 Å². The molecule has 24 heavy (non-hydrogen) atoms. The van der Waals surface area contributed by atoms with Gasteiger partial charge in [-0.25, -0.2) is 0 Å². The third-order valence-electron chi connectivity index (χ3n) is 3.35. The number of nitrogens with one attached hydrogen (secondary N) is 1. The first kappa shape index (κ1) is 17.2. The molecular weight excluding hydrogens is 455 g/mol. The number of halogens is 1. The Morgan fingerprint density at radius 3 is 2.50 bits per heavy atom. The molecule has 7 heteroatoms. The van der Waals surface area contributed by atoms with Gasteiger partial charge in [0.25, 0.3) is 5.91 Å². The van der Waals surface area contributed by atoms with E-state index in [0.29, 0.717) is 15.9 Å². The topological polar surface area (TPSA) is 52.6 Å². The van der Waals surface area contributed by atoms with Crippen molar-refractivity contribution >= 4 is 68.6 Å². The van der Waals surface area contributed by atoms with Gasteiger partial charge in [0.1, 0.15) is 10.1 Å². The Kier molecular flexibility index (Phi) is 5.42. The highest BCUT2D eigenvalue weighted by Gasteiger charge is 2.31. The Bertz CT molecular complexity index is 804. The largest absolute Gasteiger partial charge is 0.508 e. The average Bonchev–Trinajstić information content (AvgIpc) is 2.83. The first-order chi connectivity index (χ1) is 11.5. The quantitative estimate of drug-likeness (QED) is 0.399. The van der Waals surface area contributed by atoms with Crippen molar-refractivity contribution in [3.63, 3.8) is 0 Å². The Balaban J connectivity index is 1.69. The van der Waals surface area contributed by atoms with E-state index in [2.05, 4.69) is 27.9 Å². The fourth-order valence-electron chi connectivity index (χ4n) is 2.10. The van der Waals surface area contributed by atoms with Crippen molar-refractivity contribution in [1.82, 2.24) is 4.90 Å².